The van der Waals surface area contributed by atoms with Crippen LogP contribution in [-0.2, 0) is 4.74 Å². The minimum absolute atomic E-state index is 0.684. The van der Waals surface area contributed by atoms with Crippen molar-refractivity contribution in [2.24, 2.45) is 0 Å². The molecule has 1 N–H and O–H groups in total. The monoisotopic (exact) mass is 460 g/mol. The summed E-state index contributed by atoms with van der Waals surface area (Å²) in [4.78, 5) is 12.0. The first-order valence-corrected chi connectivity index (χ1v) is 10.6. The third-order valence-corrected chi connectivity index (χ3v) is 5.57. The van der Waals surface area contributed by atoms with Crippen molar-refractivity contribution in [2.75, 3.05) is 44.7 Å². The van der Waals surface area contributed by atoms with Crippen LogP contribution in [0.4, 0.5) is 5.82 Å². The molecule has 28 heavy (non-hydrogen) atoms. The molecule has 2 aromatic carbocycles. The van der Waals surface area contributed by atoms with E-state index in [0.29, 0.717) is 10.8 Å². The van der Waals surface area contributed by atoms with Crippen LogP contribution in [0.1, 0.15) is 6.42 Å². The number of rotatable bonds is 6. The molecule has 1 aliphatic heterocycles. The molecule has 5 nitrogen and oxygen atoms in total. The molecule has 7 heteroatoms. The van der Waals surface area contributed by atoms with Crippen molar-refractivity contribution in [1.29, 1.82) is 0 Å². The number of hydrogen-bond donors (Lipinski definition) is 1. The third kappa shape index (κ3) is 4.81. The van der Waals surface area contributed by atoms with Gasteiger partial charge in [-0.2, -0.15) is 0 Å². The molecule has 0 atom stereocenters. The maximum atomic E-state index is 6.22. The molecule has 1 fully saturated rings. The molecule has 146 valence electrons. The van der Waals surface area contributed by atoms with E-state index < -0.39 is 0 Å². The fourth-order valence-electron chi connectivity index (χ4n) is 3.30. The van der Waals surface area contributed by atoms with Crippen LogP contribution in [0, 0.1) is 0 Å². The molecule has 1 saturated heterocycles. The van der Waals surface area contributed by atoms with Crippen LogP contribution in [0.2, 0.25) is 5.02 Å². The lowest BCUT2D eigenvalue weighted by Gasteiger charge is -2.26. The molecule has 0 amide bonds. The number of hydrogen-bond acceptors (Lipinski definition) is 5. The van der Waals surface area contributed by atoms with E-state index in [9.17, 15) is 0 Å². The number of aromatic nitrogens is 2. The topological polar surface area (TPSA) is 50.3 Å². The zero-order chi connectivity index (χ0) is 19.3. The Kier molecular flexibility index (Phi) is 6.42. The average Bonchev–Trinajstić information content (AvgIpc) is 2.72. The number of ether oxygens (including phenoxy) is 1. The standard InChI is InChI=1S/C21H22BrClN4O/c22-16-4-2-15(3-5-16)20-25-19-7-6-17(23)14-18(19)21(26-20)24-8-1-9-27-10-12-28-13-11-27/h2-7,14H,1,8-13H2,(H,24,25,26). The largest absolute Gasteiger partial charge is 0.379 e. The van der Waals surface area contributed by atoms with Crippen LogP contribution in [0.25, 0.3) is 22.3 Å². The molecule has 4 rings (SSSR count). The molecule has 0 bridgehead atoms. The zero-order valence-electron chi connectivity index (χ0n) is 15.5. The van der Waals surface area contributed by atoms with Crippen molar-refractivity contribution in [2.45, 2.75) is 6.42 Å². The van der Waals surface area contributed by atoms with Gasteiger partial charge >= 0.3 is 0 Å². The van der Waals surface area contributed by atoms with Gasteiger partial charge in [0.2, 0.25) is 0 Å². The fourth-order valence-corrected chi connectivity index (χ4v) is 3.73. The van der Waals surface area contributed by atoms with Crippen LogP contribution in [0.3, 0.4) is 0 Å². The number of anilines is 1. The SMILES string of the molecule is Clc1ccc2nc(-c3ccc(Br)cc3)nc(NCCCN3CCOCC3)c2c1. The van der Waals surface area contributed by atoms with E-state index in [0.717, 1.165) is 72.6 Å². The summed E-state index contributed by atoms with van der Waals surface area (Å²) in [6.07, 6.45) is 1.04. The van der Waals surface area contributed by atoms with Gasteiger partial charge < -0.3 is 10.1 Å². The Morgan fingerprint density at radius 1 is 1.07 bits per heavy atom. The van der Waals surface area contributed by atoms with Gasteiger partial charge in [0.1, 0.15) is 5.82 Å². The van der Waals surface area contributed by atoms with Gasteiger partial charge in [0.25, 0.3) is 0 Å². The summed E-state index contributed by atoms with van der Waals surface area (Å²) >= 11 is 9.70. The minimum Gasteiger partial charge on any atom is -0.379 e. The molecule has 1 aliphatic rings. The second kappa shape index (κ2) is 9.18. The number of halogens is 2. The highest BCUT2D eigenvalue weighted by molar-refractivity contribution is 9.10. The number of fused-ring (bicyclic) bond motifs is 1. The zero-order valence-corrected chi connectivity index (χ0v) is 17.8. The Bertz CT molecular complexity index is 945. The molecule has 0 radical (unpaired) electrons. The predicted octanol–water partition coefficient (Wildman–Crippen LogP) is 4.85. The first-order chi connectivity index (χ1) is 13.7. The summed E-state index contributed by atoms with van der Waals surface area (Å²) in [6, 6.07) is 13.8. The second-order valence-corrected chi connectivity index (χ2v) is 8.15. The lowest BCUT2D eigenvalue weighted by atomic mass is 10.2. The molecule has 3 aromatic rings. The smallest absolute Gasteiger partial charge is 0.162 e. The van der Waals surface area contributed by atoms with E-state index in [2.05, 4.69) is 26.1 Å². The Hall–Kier alpha value is -1.73. The van der Waals surface area contributed by atoms with Crippen molar-refractivity contribution in [3.05, 3.63) is 52.0 Å². The lowest BCUT2D eigenvalue weighted by molar-refractivity contribution is 0.0378. The second-order valence-electron chi connectivity index (χ2n) is 6.80. The third-order valence-electron chi connectivity index (χ3n) is 4.81. The minimum atomic E-state index is 0.684. The van der Waals surface area contributed by atoms with Crippen molar-refractivity contribution in [1.82, 2.24) is 14.9 Å². The van der Waals surface area contributed by atoms with E-state index in [1.54, 1.807) is 0 Å². The van der Waals surface area contributed by atoms with Gasteiger partial charge in [-0.15, -0.1) is 0 Å². The molecular formula is C21H22BrClN4O. The molecule has 0 spiro atoms. The summed E-state index contributed by atoms with van der Waals surface area (Å²) in [5.41, 5.74) is 1.87. The summed E-state index contributed by atoms with van der Waals surface area (Å²) in [5, 5.41) is 5.13. The Labute approximate surface area is 178 Å². The van der Waals surface area contributed by atoms with Crippen LogP contribution < -0.4 is 5.32 Å². The average molecular weight is 462 g/mol. The lowest BCUT2D eigenvalue weighted by Crippen LogP contribution is -2.37. The van der Waals surface area contributed by atoms with Gasteiger partial charge in [-0.1, -0.05) is 39.7 Å². The molecule has 1 aromatic heterocycles. The highest BCUT2D eigenvalue weighted by Crippen LogP contribution is 2.28. The van der Waals surface area contributed by atoms with Gasteiger partial charge in [-0.25, -0.2) is 9.97 Å². The van der Waals surface area contributed by atoms with Crippen LogP contribution in [0.15, 0.2) is 46.9 Å². The summed E-state index contributed by atoms with van der Waals surface area (Å²) in [7, 11) is 0. The highest BCUT2D eigenvalue weighted by atomic mass is 79.9. The van der Waals surface area contributed by atoms with Gasteiger partial charge in [0.15, 0.2) is 5.82 Å². The Morgan fingerprint density at radius 3 is 2.64 bits per heavy atom. The fraction of sp³-hybridized carbons (Fsp3) is 0.333. The summed E-state index contributed by atoms with van der Waals surface area (Å²) < 4.78 is 6.44. The van der Waals surface area contributed by atoms with E-state index >= 15 is 0 Å². The van der Waals surface area contributed by atoms with Crippen molar-refractivity contribution >= 4 is 44.3 Å². The maximum absolute atomic E-state index is 6.22. The van der Waals surface area contributed by atoms with Crippen molar-refractivity contribution in [3.8, 4) is 11.4 Å². The first kappa shape index (κ1) is 19.6. The number of benzene rings is 2. The van der Waals surface area contributed by atoms with Crippen LogP contribution >= 0.6 is 27.5 Å². The van der Waals surface area contributed by atoms with Gasteiger partial charge in [0.05, 0.1) is 18.7 Å². The van der Waals surface area contributed by atoms with Crippen LogP contribution in [-0.4, -0.2) is 54.3 Å². The number of nitrogens with zero attached hydrogens (tertiary/aromatic N) is 3. The quantitative estimate of drug-likeness (QED) is 0.532. The van der Waals surface area contributed by atoms with Gasteiger partial charge in [-0.05, 0) is 43.3 Å². The van der Waals surface area contributed by atoms with Crippen molar-refractivity contribution in [3.63, 3.8) is 0 Å². The molecule has 0 aliphatic carbocycles. The Balaban J connectivity index is 1.54. The van der Waals surface area contributed by atoms with E-state index in [-0.39, 0.29) is 0 Å². The van der Waals surface area contributed by atoms with Gasteiger partial charge in [-0.3, -0.25) is 4.90 Å². The predicted molar refractivity (Wildman–Crippen MR) is 118 cm³/mol. The van der Waals surface area contributed by atoms with Crippen molar-refractivity contribution < 1.29 is 4.74 Å². The number of nitrogens with one attached hydrogen (secondary N) is 1. The Morgan fingerprint density at radius 2 is 1.86 bits per heavy atom. The van der Waals surface area contributed by atoms with Gasteiger partial charge in [0, 0.05) is 40.1 Å². The molecule has 0 unspecified atom stereocenters. The van der Waals surface area contributed by atoms with E-state index in [4.69, 9.17) is 26.3 Å². The highest BCUT2D eigenvalue weighted by Gasteiger charge is 2.12. The molecular weight excluding hydrogens is 440 g/mol. The normalized spacial score (nSPS) is 15.1. The molecule has 2 heterocycles. The first-order valence-electron chi connectivity index (χ1n) is 9.46. The molecule has 0 saturated carbocycles. The van der Waals surface area contributed by atoms with Crippen LogP contribution in [0.5, 0.6) is 0 Å². The maximum Gasteiger partial charge on any atom is 0.162 e. The summed E-state index contributed by atoms with van der Waals surface area (Å²) in [6.45, 7) is 5.59. The summed E-state index contributed by atoms with van der Waals surface area (Å²) in [5.74, 6) is 1.53. The van der Waals surface area contributed by atoms with E-state index in [1.807, 2.05) is 42.5 Å². The number of morpholine rings is 1. The van der Waals surface area contributed by atoms with E-state index in [1.165, 1.54) is 0 Å².